The highest BCUT2D eigenvalue weighted by molar-refractivity contribution is 6.42. The van der Waals surface area contributed by atoms with Gasteiger partial charge in [0, 0.05) is 17.5 Å². The number of carbonyl (C=O) groups is 1. The van der Waals surface area contributed by atoms with Crippen LogP contribution in [-0.2, 0) is 19.5 Å². The van der Waals surface area contributed by atoms with Crippen LogP contribution in [0, 0.1) is 0 Å². The van der Waals surface area contributed by atoms with Gasteiger partial charge in [0.25, 0.3) is 5.82 Å². The number of halogens is 3. The third-order valence-electron chi connectivity index (χ3n) is 5.44. The van der Waals surface area contributed by atoms with Gasteiger partial charge in [-0.3, -0.25) is 4.79 Å². The number of methoxy groups -OCH3 is 1. The largest absolute Gasteiger partial charge is 1.00 e. The van der Waals surface area contributed by atoms with Crippen molar-refractivity contribution in [2.75, 3.05) is 7.11 Å². The summed E-state index contributed by atoms with van der Waals surface area (Å²) >= 11 is 12.4. The number of aromatic nitrogens is 2. The molecule has 3 aromatic rings. The third kappa shape index (κ3) is 4.74. The van der Waals surface area contributed by atoms with Crippen LogP contribution >= 0.6 is 23.2 Å². The number of carbonyl (C=O) groups excluding carboxylic acids is 1. The topological polar surface area (TPSA) is 35.1 Å². The summed E-state index contributed by atoms with van der Waals surface area (Å²) in [7, 11) is 1.62. The molecule has 4 rings (SSSR count). The zero-order chi connectivity index (χ0) is 20.4. The Morgan fingerprint density at radius 2 is 1.83 bits per heavy atom. The summed E-state index contributed by atoms with van der Waals surface area (Å²) in [6, 6.07) is 13.0. The fourth-order valence-corrected chi connectivity index (χ4v) is 4.19. The van der Waals surface area contributed by atoms with E-state index in [9.17, 15) is 4.79 Å². The van der Waals surface area contributed by atoms with Gasteiger partial charge in [-0.25, -0.2) is 9.13 Å². The van der Waals surface area contributed by atoms with Crippen molar-refractivity contribution in [1.82, 2.24) is 4.57 Å². The van der Waals surface area contributed by atoms with Gasteiger partial charge in [0.2, 0.25) is 5.78 Å². The Bertz CT molecular complexity index is 1050. The molecule has 7 heteroatoms. The SMILES string of the molecule is COc1ccc(C(=O)C[n+]2cc(-c3ccc(Cl)c(Cl)c3)n3c2CCCCC3)cc1.[Br-]. The standard InChI is InChI=1S/C23H23Cl2N2O2.BrH/c1-29-18-9-6-16(7-10-18)22(28)15-26-14-21(17-8-11-19(24)20(25)13-17)27-12-4-2-3-5-23(26)27;/h6-11,13-14H,2-5,12,15H2,1H3;1H/q+1;/p-1. The maximum Gasteiger partial charge on any atom is 0.257 e. The van der Waals surface area contributed by atoms with Crippen molar-refractivity contribution >= 4 is 29.0 Å². The molecule has 0 radical (unpaired) electrons. The lowest BCUT2D eigenvalue weighted by atomic mass is 10.1. The highest BCUT2D eigenvalue weighted by Crippen LogP contribution is 2.30. The summed E-state index contributed by atoms with van der Waals surface area (Å²) < 4.78 is 9.61. The minimum absolute atomic E-state index is 0. The van der Waals surface area contributed by atoms with E-state index in [1.165, 1.54) is 12.2 Å². The number of nitrogens with zero attached hydrogens (tertiary/aromatic N) is 2. The van der Waals surface area contributed by atoms with E-state index in [0.29, 0.717) is 22.2 Å². The normalized spacial score (nSPS) is 13.2. The Morgan fingerprint density at radius 1 is 1.07 bits per heavy atom. The molecule has 0 N–H and O–H groups in total. The third-order valence-corrected chi connectivity index (χ3v) is 6.17. The second kappa shape index (κ2) is 9.99. The summed E-state index contributed by atoms with van der Waals surface area (Å²) in [6.45, 7) is 1.25. The first kappa shape index (κ1) is 22.9. The number of imidazole rings is 1. The van der Waals surface area contributed by atoms with Gasteiger partial charge < -0.3 is 21.7 Å². The van der Waals surface area contributed by atoms with Crippen LogP contribution in [0.5, 0.6) is 5.75 Å². The van der Waals surface area contributed by atoms with Gasteiger partial charge in [-0.05, 0) is 61.7 Å². The van der Waals surface area contributed by atoms with Crippen LogP contribution in [0.2, 0.25) is 10.0 Å². The lowest BCUT2D eigenvalue weighted by Crippen LogP contribution is -3.00. The monoisotopic (exact) mass is 508 g/mol. The van der Waals surface area contributed by atoms with Crippen LogP contribution in [0.15, 0.2) is 48.7 Å². The number of benzene rings is 2. The summed E-state index contributed by atoms with van der Waals surface area (Å²) in [5.41, 5.74) is 2.77. The van der Waals surface area contributed by atoms with E-state index in [1.54, 1.807) is 7.11 Å². The zero-order valence-corrected chi connectivity index (χ0v) is 19.8. The molecule has 4 nitrogen and oxygen atoms in total. The molecule has 0 spiro atoms. The minimum atomic E-state index is 0. The first-order valence-corrected chi connectivity index (χ1v) is 10.6. The van der Waals surface area contributed by atoms with Crippen LogP contribution in [0.1, 0.15) is 35.4 Å². The van der Waals surface area contributed by atoms with E-state index < -0.39 is 0 Å². The Kier molecular flexibility index (Phi) is 7.61. The fourth-order valence-electron chi connectivity index (χ4n) is 3.89. The number of Topliss-reactive ketones (excluding diaryl/α,β-unsaturated/α-hetero) is 1. The molecule has 2 heterocycles. The first-order valence-electron chi connectivity index (χ1n) is 9.81. The Balaban J connectivity index is 0.00000256. The molecule has 0 saturated heterocycles. The number of fused-ring (bicyclic) bond motifs is 1. The Hall–Kier alpha value is -1.82. The summed E-state index contributed by atoms with van der Waals surface area (Å²) in [6.07, 6.45) is 6.47. The maximum absolute atomic E-state index is 12.9. The highest BCUT2D eigenvalue weighted by atomic mass is 79.9. The summed E-state index contributed by atoms with van der Waals surface area (Å²) in [5, 5.41) is 1.08. The molecule has 1 aliphatic heterocycles. The van der Waals surface area contributed by atoms with Gasteiger partial charge in [0.1, 0.15) is 11.9 Å². The molecule has 0 aliphatic carbocycles. The molecule has 0 unspecified atom stereocenters. The van der Waals surface area contributed by atoms with E-state index in [1.807, 2.05) is 42.5 Å². The molecule has 0 saturated carbocycles. The van der Waals surface area contributed by atoms with E-state index in [-0.39, 0.29) is 22.8 Å². The number of hydrogen-bond acceptors (Lipinski definition) is 2. The van der Waals surface area contributed by atoms with Crippen LogP contribution in [0.3, 0.4) is 0 Å². The van der Waals surface area contributed by atoms with E-state index in [0.717, 1.165) is 42.8 Å². The molecule has 0 bridgehead atoms. The van der Waals surface area contributed by atoms with Gasteiger partial charge in [0.15, 0.2) is 12.2 Å². The lowest BCUT2D eigenvalue weighted by molar-refractivity contribution is -0.690. The Morgan fingerprint density at radius 3 is 2.53 bits per heavy atom. The number of ether oxygens (including phenoxy) is 1. The molecule has 1 aliphatic rings. The van der Waals surface area contributed by atoms with Crippen molar-refractivity contribution < 1.29 is 31.1 Å². The second-order valence-corrected chi connectivity index (χ2v) is 8.12. The maximum atomic E-state index is 12.9. The predicted molar refractivity (Wildman–Crippen MR) is 115 cm³/mol. The van der Waals surface area contributed by atoms with Crippen LogP contribution in [-0.4, -0.2) is 17.5 Å². The van der Waals surface area contributed by atoms with Gasteiger partial charge >= 0.3 is 0 Å². The van der Waals surface area contributed by atoms with Gasteiger partial charge in [-0.15, -0.1) is 0 Å². The average Bonchev–Trinajstić information content (AvgIpc) is 2.90. The molecule has 0 amide bonds. The second-order valence-electron chi connectivity index (χ2n) is 7.30. The van der Waals surface area contributed by atoms with Gasteiger partial charge in [-0.1, -0.05) is 23.2 Å². The number of hydrogen-bond donors (Lipinski definition) is 0. The molecule has 0 atom stereocenters. The zero-order valence-electron chi connectivity index (χ0n) is 16.7. The van der Waals surface area contributed by atoms with E-state index in [4.69, 9.17) is 27.9 Å². The van der Waals surface area contributed by atoms with Crippen LogP contribution in [0.4, 0.5) is 0 Å². The molecule has 0 fully saturated rings. The van der Waals surface area contributed by atoms with E-state index in [2.05, 4.69) is 15.3 Å². The molecule has 2 aromatic carbocycles. The van der Waals surface area contributed by atoms with Gasteiger partial charge in [-0.2, -0.15) is 0 Å². The molecule has 1 aromatic heterocycles. The van der Waals surface area contributed by atoms with Crippen molar-refractivity contribution in [1.29, 1.82) is 0 Å². The Labute approximate surface area is 197 Å². The van der Waals surface area contributed by atoms with Crippen molar-refractivity contribution in [2.24, 2.45) is 0 Å². The summed E-state index contributed by atoms with van der Waals surface area (Å²) in [4.78, 5) is 12.9. The van der Waals surface area contributed by atoms with Crippen LogP contribution < -0.4 is 26.3 Å². The van der Waals surface area contributed by atoms with E-state index >= 15 is 0 Å². The van der Waals surface area contributed by atoms with Crippen molar-refractivity contribution in [3.05, 3.63) is 70.1 Å². The predicted octanol–water partition coefficient (Wildman–Crippen LogP) is 2.37. The fraction of sp³-hybridized carbons (Fsp3) is 0.304. The molecule has 158 valence electrons. The average molecular weight is 510 g/mol. The lowest BCUT2D eigenvalue weighted by Gasteiger charge is -2.04. The molecular weight excluding hydrogens is 487 g/mol. The number of ketones is 1. The van der Waals surface area contributed by atoms with Crippen molar-refractivity contribution in [3.8, 4) is 17.0 Å². The first-order chi connectivity index (χ1) is 14.1. The van der Waals surface area contributed by atoms with Crippen LogP contribution in [0.25, 0.3) is 11.3 Å². The minimum Gasteiger partial charge on any atom is -1.00 e. The number of rotatable bonds is 5. The molecule has 30 heavy (non-hydrogen) atoms. The smallest absolute Gasteiger partial charge is 0.257 e. The summed E-state index contributed by atoms with van der Waals surface area (Å²) in [5.74, 6) is 2.01. The van der Waals surface area contributed by atoms with Crippen molar-refractivity contribution in [2.45, 2.75) is 38.8 Å². The van der Waals surface area contributed by atoms with Gasteiger partial charge in [0.05, 0.1) is 23.7 Å². The quantitative estimate of drug-likeness (QED) is 0.391. The highest BCUT2D eigenvalue weighted by Gasteiger charge is 2.27. The molecular formula is C23H23BrCl2N2O2. The van der Waals surface area contributed by atoms with Crippen molar-refractivity contribution in [3.63, 3.8) is 0 Å².